The number of rotatable bonds is 13. The van der Waals surface area contributed by atoms with Gasteiger partial charge in [-0.1, -0.05) is 81.6 Å². The van der Waals surface area contributed by atoms with E-state index in [-0.39, 0.29) is 53.8 Å². The Bertz CT molecular complexity index is 910. The molecule has 4 rings (SSSR count). The summed E-state index contributed by atoms with van der Waals surface area (Å²) in [5.41, 5.74) is 0. The summed E-state index contributed by atoms with van der Waals surface area (Å²) < 4.78 is 16.2. The fourth-order valence-electron chi connectivity index (χ4n) is 7.05. The molecule has 4 saturated carbocycles. The molecule has 0 aliphatic heterocycles. The number of fused-ring (bicyclic) bond motifs is 5. The third-order valence-electron chi connectivity index (χ3n) is 11.3. The monoisotopic (exact) mass is 681 g/mol. The molecule has 0 saturated heterocycles. The summed E-state index contributed by atoms with van der Waals surface area (Å²) in [6.45, 7) is 18.1. The number of hydrogen-bond donors (Lipinski definition) is 1. The number of ether oxygens (including phenoxy) is 3. The van der Waals surface area contributed by atoms with E-state index in [0.29, 0.717) is 18.4 Å². The largest absolute Gasteiger partial charge is 0.481 e. The van der Waals surface area contributed by atoms with Gasteiger partial charge in [-0.25, -0.2) is 0 Å². The maximum absolute atomic E-state index is 11.9. The number of esters is 3. The fourth-order valence-corrected chi connectivity index (χ4v) is 7.05. The molecule has 8 unspecified atom stereocenters. The first-order valence-electron chi connectivity index (χ1n) is 19.7. The van der Waals surface area contributed by atoms with Crippen LogP contribution >= 0.6 is 0 Å². The summed E-state index contributed by atoms with van der Waals surface area (Å²) in [6, 6.07) is 0. The van der Waals surface area contributed by atoms with Crippen LogP contribution < -0.4 is 0 Å². The van der Waals surface area contributed by atoms with Crippen LogP contribution in [-0.4, -0.2) is 47.8 Å². The predicted octanol–water partition coefficient (Wildman–Crippen LogP) is 9.80. The molecule has 0 aromatic carbocycles. The van der Waals surface area contributed by atoms with Gasteiger partial charge < -0.3 is 19.3 Å². The number of carbonyl (C=O) groups is 4. The molecule has 0 aromatic rings. The summed E-state index contributed by atoms with van der Waals surface area (Å²) in [5, 5.41) is 8.18. The van der Waals surface area contributed by atoms with Crippen molar-refractivity contribution in [1.82, 2.24) is 0 Å². The summed E-state index contributed by atoms with van der Waals surface area (Å²) in [5.74, 6) is 2.52. The molecular weight excluding hydrogens is 608 g/mol. The first kappa shape index (κ1) is 43.9. The van der Waals surface area contributed by atoms with Gasteiger partial charge in [0.05, 0.1) is 30.3 Å². The Labute approximate surface area is 293 Å². The summed E-state index contributed by atoms with van der Waals surface area (Å²) in [4.78, 5) is 44.3. The Morgan fingerprint density at radius 2 is 1.02 bits per heavy atom. The molecule has 0 aromatic heterocycles. The first-order valence-corrected chi connectivity index (χ1v) is 19.7. The molecule has 8 atom stereocenters. The highest BCUT2D eigenvalue weighted by atomic mass is 16.6. The van der Waals surface area contributed by atoms with E-state index < -0.39 is 5.97 Å². The van der Waals surface area contributed by atoms with Gasteiger partial charge in [-0.2, -0.15) is 0 Å². The Balaban J connectivity index is 0.000000336. The van der Waals surface area contributed by atoms with Crippen LogP contribution in [0, 0.1) is 47.3 Å². The molecule has 4 aliphatic rings. The zero-order valence-electron chi connectivity index (χ0n) is 32.1. The number of unbranched alkanes of at least 4 members (excludes halogenated alkanes) is 1. The number of carboxylic acid groups (broad SMARTS) is 1. The molecule has 4 aliphatic carbocycles. The van der Waals surface area contributed by atoms with Crippen molar-refractivity contribution in [1.29, 1.82) is 0 Å². The molecule has 0 amide bonds. The normalized spacial score (nSPS) is 26.4. The second-order valence-electron chi connectivity index (χ2n) is 14.9. The van der Waals surface area contributed by atoms with E-state index in [0.717, 1.165) is 63.2 Å². The minimum absolute atomic E-state index is 0.00519. The van der Waals surface area contributed by atoms with Crippen molar-refractivity contribution in [3.8, 4) is 0 Å². The SMILES string of the molecule is CCC(C)C(=O)O.CCC(C)C(=O)OC1C2CCC1C1CCCC12.CCC(C)C(=O)OC1CCCCC1.CCCCOC(=O)C(C)CC. The van der Waals surface area contributed by atoms with Gasteiger partial charge in [0, 0.05) is 0 Å². The molecule has 280 valence electrons. The average molecular weight is 681 g/mol. The van der Waals surface area contributed by atoms with E-state index in [1.54, 1.807) is 6.92 Å². The Hall–Kier alpha value is -2.12. The van der Waals surface area contributed by atoms with Gasteiger partial charge in [-0.3, -0.25) is 19.2 Å². The van der Waals surface area contributed by atoms with Gasteiger partial charge in [0.15, 0.2) is 0 Å². The lowest BCUT2D eigenvalue weighted by molar-refractivity contribution is -0.156. The van der Waals surface area contributed by atoms with Crippen LogP contribution in [0.3, 0.4) is 0 Å². The molecule has 4 fully saturated rings. The maximum atomic E-state index is 11.9. The van der Waals surface area contributed by atoms with Gasteiger partial charge in [0.2, 0.25) is 0 Å². The second kappa shape index (κ2) is 24.1. The first-order chi connectivity index (χ1) is 22.9. The number of hydrogen-bond acceptors (Lipinski definition) is 7. The van der Waals surface area contributed by atoms with E-state index in [2.05, 4.69) is 13.8 Å². The highest BCUT2D eigenvalue weighted by molar-refractivity contribution is 5.73. The molecule has 0 spiro atoms. The second-order valence-corrected chi connectivity index (χ2v) is 14.9. The van der Waals surface area contributed by atoms with Crippen LogP contribution in [0.15, 0.2) is 0 Å². The van der Waals surface area contributed by atoms with Crippen LogP contribution in [-0.2, 0) is 33.4 Å². The molecular formula is C40H72O8. The standard InChI is InChI=1S/C15H24O2.C11H20O2.C9H18O2.C5H10O2/c1-3-9(2)15(16)17-14-12-7-8-13(14)11-6-4-5-10(11)12;1-3-9(2)11(12)13-10-7-5-4-6-8-10;1-4-6-7-11-9(10)8(3)5-2;1-3-4(2)5(6)7/h9-14H,3-8H2,1-2H3;9-10H,3-8H2,1-2H3;8H,4-7H2,1-3H3;4H,3H2,1-2H3,(H,6,7). The zero-order valence-corrected chi connectivity index (χ0v) is 32.1. The Morgan fingerprint density at radius 3 is 1.44 bits per heavy atom. The van der Waals surface area contributed by atoms with Gasteiger partial charge in [-0.15, -0.1) is 0 Å². The smallest absolute Gasteiger partial charge is 0.308 e. The molecule has 0 radical (unpaired) electrons. The lowest BCUT2D eigenvalue weighted by atomic mass is 9.82. The van der Waals surface area contributed by atoms with Gasteiger partial charge in [0.25, 0.3) is 0 Å². The minimum atomic E-state index is -0.706. The van der Waals surface area contributed by atoms with E-state index in [9.17, 15) is 19.2 Å². The van der Waals surface area contributed by atoms with Crippen LogP contribution in [0.2, 0.25) is 0 Å². The Morgan fingerprint density at radius 1 is 0.562 bits per heavy atom. The van der Waals surface area contributed by atoms with Crippen molar-refractivity contribution < 1.29 is 38.5 Å². The van der Waals surface area contributed by atoms with Crippen molar-refractivity contribution in [2.75, 3.05) is 6.61 Å². The molecule has 1 N–H and O–H groups in total. The van der Waals surface area contributed by atoms with E-state index >= 15 is 0 Å². The third-order valence-corrected chi connectivity index (χ3v) is 11.3. The van der Waals surface area contributed by atoms with Crippen LogP contribution in [0.5, 0.6) is 0 Å². The lowest BCUT2D eigenvalue weighted by Crippen LogP contribution is -2.27. The molecule has 0 heterocycles. The quantitative estimate of drug-likeness (QED) is 0.116. The predicted molar refractivity (Wildman–Crippen MR) is 191 cm³/mol. The molecule has 8 nitrogen and oxygen atoms in total. The van der Waals surface area contributed by atoms with Crippen molar-refractivity contribution in [2.24, 2.45) is 47.3 Å². The number of carbonyl (C=O) groups excluding carboxylic acids is 3. The van der Waals surface area contributed by atoms with Crippen LogP contribution in [0.25, 0.3) is 0 Å². The lowest BCUT2D eigenvalue weighted by Gasteiger charge is -2.23. The topological polar surface area (TPSA) is 116 Å². The van der Waals surface area contributed by atoms with Gasteiger partial charge in [0.1, 0.15) is 12.2 Å². The van der Waals surface area contributed by atoms with Crippen molar-refractivity contribution in [3.05, 3.63) is 0 Å². The number of aliphatic carboxylic acids is 1. The van der Waals surface area contributed by atoms with Crippen molar-refractivity contribution in [3.63, 3.8) is 0 Å². The molecule has 48 heavy (non-hydrogen) atoms. The summed E-state index contributed by atoms with van der Waals surface area (Å²) in [6.07, 6.45) is 18.6. The molecule has 8 heteroatoms. The van der Waals surface area contributed by atoms with E-state index in [1.165, 1.54) is 51.4 Å². The summed E-state index contributed by atoms with van der Waals surface area (Å²) >= 11 is 0. The maximum Gasteiger partial charge on any atom is 0.308 e. The van der Waals surface area contributed by atoms with Crippen molar-refractivity contribution in [2.45, 2.75) is 177 Å². The van der Waals surface area contributed by atoms with E-state index in [4.69, 9.17) is 19.3 Å². The molecule has 2 bridgehead atoms. The highest BCUT2D eigenvalue weighted by Crippen LogP contribution is 2.59. The van der Waals surface area contributed by atoms with Gasteiger partial charge >= 0.3 is 23.9 Å². The Kier molecular flexibility index (Phi) is 22.0. The average Bonchev–Trinajstić information content (AvgIpc) is 3.81. The summed E-state index contributed by atoms with van der Waals surface area (Å²) in [7, 11) is 0. The number of carboxylic acids is 1. The third kappa shape index (κ3) is 14.8. The minimum Gasteiger partial charge on any atom is -0.481 e. The van der Waals surface area contributed by atoms with Crippen molar-refractivity contribution >= 4 is 23.9 Å². The van der Waals surface area contributed by atoms with E-state index in [1.807, 2.05) is 41.5 Å². The zero-order chi connectivity index (χ0) is 36.2. The highest BCUT2D eigenvalue weighted by Gasteiger charge is 2.57. The fraction of sp³-hybridized carbons (Fsp3) is 0.900. The van der Waals surface area contributed by atoms with Crippen LogP contribution in [0.1, 0.15) is 165 Å². The van der Waals surface area contributed by atoms with Gasteiger partial charge in [-0.05, 0) is 107 Å². The van der Waals surface area contributed by atoms with Crippen LogP contribution in [0.4, 0.5) is 0 Å².